The summed E-state index contributed by atoms with van der Waals surface area (Å²) in [6.07, 6.45) is 1.21. The minimum atomic E-state index is -1.07. The summed E-state index contributed by atoms with van der Waals surface area (Å²) in [7, 11) is 3.20. The predicted molar refractivity (Wildman–Crippen MR) is 107 cm³/mol. The molecule has 0 unspecified atom stereocenters. The Balaban J connectivity index is 1.83. The lowest BCUT2D eigenvalue weighted by Gasteiger charge is -2.11. The van der Waals surface area contributed by atoms with Gasteiger partial charge < -0.3 is 14.6 Å². The molecule has 0 spiro atoms. The number of carboxylic acid groups (broad SMARTS) is 1. The minimum Gasteiger partial charge on any atom is -0.503 e. The van der Waals surface area contributed by atoms with Crippen LogP contribution in [0.15, 0.2) is 60.9 Å². The molecule has 28 heavy (non-hydrogen) atoms. The Bertz CT molecular complexity index is 1010. The van der Waals surface area contributed by atoms with Crippen molar-refractivity contribution >= 4 is 23.1 Å². The van der Waals surface area contributed by atoms with Gasteiger partial charge in [0, 0.05) is 23.7 Å². The summed E-state index contributed by atoms with van der Waals surface area (Å²) in [4.78, 5) is 11.5. The molecule has 3 rings (SSSR count). The van der Waals surface area contributed by atoms with Gasteiger partial charge in [0.15, 0.2) is 0 Å². The van der Waals surface area contributed by atoms with Crippen LogP contribution in [-0.2, 0) is 23.2 Å². The van der Waals surface area contributed by atoms with Gasteiger partial charge in [0.05, 0.1) is 19.1 Å². The van der Waals surface area contributed by atoms with E-state index in [1.165, 1.54) is 13.4 Å². The highest BCUT2D eigenvalue weighted by molar-refractivity contribution is 6.30. The lowest BCUT2D eigenvalue weighted by atomic mass is 10.0. The Morgan fingerprint density at radius 2 is 1.93 bits per heavy atom. The van der Waals surface area contributed by atoms with E-state index in [1.807, 2.05) is 30.3 Å². The highest BCUT2D eigenvalue weighted by atomic mass is 35.5. The van der Waals surface area contributed by atoms with E-state index in [9.17, 15) is 9.90 Å². The van der Waals surface area contributed by atoms with Gasteiger partial charge in [-0.3, -0.25) is 0 Å². The SMILES string of the molecule is CO/C=C(/C(=O)O)c1ccccc1COc1cc(-c2ccc(Cl)cc2)nn1C. The third-order valence-corrected chi connectivity index (χ3v) is 4.38. The van der Waals surface area contributed by atoms with Gasteiger partial charge in [0.25, 0.3) is 0 Å². The molecule has 0 aliphatic rings. The fourth-order valence-electron chi connectivity index (χ4n) is 2.75. The largest absolute Gasteiger partial charge is 0.503 e. The fraction of sp³-hybridized carbons (Fsp3) is 0.143. The monoisotopic (exact) mass is 398 g/mol. The molecule has 0 amide bonds. The predicted octanol–water partition coefficient (Wildman–Crippen LogP) is 4.39. The van der Waals surface area contributed by atoms with Crippen molar-refractivity contribution in [3.63, 3.8) is 0 Å². The fourth-order valence-corrected chi connectivity index (χ4v) is 2.88. The van der Waals surface area contributed by atoms with Crippen molar-refractivity contribution in [3.05, 3.63) is 77.0 Å². The Hall–Kier alpha value is -3.25. The van der Waals surface area contributed by atoms with E-state index in [0.717, 1.165) is 16.8 Å². The number of nitrogens with zero attached hydrogens (tertiary/aromatic N) is 2. The number of rotatable bonds is 7. The normalized spacial score (nSPS) is 11.3. The first kappa shape index (κ1) is 19.5. The Labute approximate surface area is 167 Å². The van der Waals surface area contributed by atoms with E-state index in [1.54, 1.807) is 36.0 Å². The standard InChI is InChI=1S/C21H19ClN2O4/c1-24-20(11-19(23-24)14-7-9-16(22)10-8-14)28-12-15-5-3-4-6-17(15)18(13-27-2)21(25)26/h3-11,13H,12H2,1-2H3,(H,25,26)/b18-13+. The number of halogens is 1. The van der Waals surface area contributed by atoms with E-state index < -0.39 is 5.97 Å². The summed E-state index contributed by atoms with van der Waals surface area (Å²) < 4.78 is 12.5. The summed E-state index contributed by atoms with van der Waals surface area (Å²) in [6.45, 7) is 0.185. The molecule has 6 nitrogen and oxygen atoms in total. The van der Waals surface area contributed by atoms with Gasteiger partial charge in [-0.2, -0.15) is 5.10 Å². The second-order valence-corrected chi connectivity index (χ2v) is 6.45. The number of carbonyl (C=O) groups is 1. The first-order valence-electron chi connectivity index (χ1n) is 8.47. The van der Waals surface area contributed by atoms with Crippen LogP contribution in [0.4, 0.5) is 0 Å². The van der Waals surface area contributed by atoms with Crippen molar-refractivity contribution < 1.29 is 19.4 Å². The molecule has 1 N–H and O–H groups in total. The van der Waals surface area contributed by atoms with Crippen LogP contribution in [-0.4, -0.2) is 28.0 Å². The molecule has 0 radical (unpaired) electrons. The molecular weight excluding hydrogens is 380 g/mol. The average molecular weight is 399 g/mol. The molecule has 2 aromatic carbocycles. The molecule has 3 aromatic rings. The number of carboxylic acids is 1. The molecule has 0 aliphatic carbocycles. The third-order valence-electron chi connectivity index (χ3n) is 4.13. The lowest BCUT2D eigenvalue weighted by molar-refractivity contribution is -0.130. The second kappa shape index (κ2) is 8.63. The summed E-state index contributed by atoms with van der Waals surface area (Å²) in [5.41, 5.74) is 3.01. The molecule has 1 heterocycles. The first-order valence-corrected chi connectivity index (χ1v) is 8.84. The molecule has 0 fully saturated rings. The van der Waals surface area contributed by atoms with Crippen LogP contribution in [0.25, 0.3) is 16.8 Å². The molecule has 0 saturated carbocycles. The maximum atomic E-state index is 11.5. The number of hydrogen-bond donors (Lipinski definition) is 1. The molecule has 1 aromatic heterocycles. The number of aliphatic carboxylic acids is 1. The number of aryl methyl sites for hydroxylation is 1. The highest BCUT2D eigenvalue weighted by Gasteiger charge is 2.16. The number of hydrogen-bond acceptors (Lipinski definition) is 4. The van der Waals surface area contributed by atoms with Gasteiger partial charge in [-0.05, 0) is 23.3 Å². The number of benzene rings is 2. The van der Waals surface area contributed by atoms with Gasteiger partial charge in [0.2, 0.25) is 5.88 Å². The first-order chi connectivity index (χ1) is 13.5. The van der Waals surface area contributed by atoms with Crippen LogP contribution in [0.1, 0.15) is 11.1 Å². The molecule has 0 atom stereocenters. The Morgan fingerprint density at radius 3 is 2.61 bits per heavy atom. The van der Waals surface area contributed by atoms with Gasteiger partial charge in [-0.25, -0.2) is 9.48 Å². The van der Waals surface area contributed by atoms with E-state index in [0.29, 0.717) is 16.5 Å². The number of aromatic nitrogens is 2. The number of methoxy groups -OCH3 is 1. The zero-order chi connectivity index (χ0) is 20.1. The average Bonchev–Trinajstić information content (AvgIpc) is 3.06. The lowest BCUT2D eigenvalue weighted by Crippen LogP contribution is -2.07. The van der Waals surface area contributed by atoms with Crippen molar-refractivity contribution in [2.24, 2.45) is 7.05 Å². The summed E-state index contributed by atoms with van der Waals surface area (Å²) in [5.74, 6) is -0.507. The van der Waals surface area contributed by atoms with Crippen molar-refractivity contribution in [2.75, 3.05) is 7.11 Å². The van der Waals surface area contributed by atoms with E-state index in [-0.39, 0.29) is 12.2 Å². The Kier molecular flexibility index (Phi) is 6.01. The van der Waals surface area contributed by atoms with Crippen molar-refractivity contribution in [3.8, 4) is 17.1 Å². The molecule has 0 bridgehead atoms. The van der Waals surface area contributed by atoms with Crippen molar-refractivity contribution in [2.45, 2.75) is 6.61 Å². The summed E-state index contributed by atoms with van der Waals surface area (Å²) in [6, 6.07) is 16.4. The van der Waals surface area contributed by atoms with Crippen LogP contribution in [0, 0.1) is 0 Å². The second-order valence-electron chi connectivity index (χ2n) is 6.02. The zero-order valence-corrected chi connectivity index (χ0v) is 16.2. The summed E-state index contributed by atoms with van der Waals surface area (Å²) in [5, 5.41) is 14.6. The molecular formula is C21H19ClN2O4. The van der Waals surface area contributed by atoms with Gasteiger partial charge in [0.1, 0.15) is 12.2 Å². The maximum Gasteiger partial charge on any atom is 0.339 e. The molecule has 7 heteroatoms. The number of ether oxygens (including phenoxy) is 2. The van der Waals surface area contributed by atoms with E-state index in [2.05, 4.69) is 5.10 Å². The van der Waals surface area contributed by atoms with E-state index >= 15 is 0 Å². The van der Waals surface area contributed by atoms with Crippen LogP contribution >= 0.6 is 11.6 Å². The van der Waals surface area contributed by atoms with Crippen LogP contribution < -0.4 is 4.74 Å². The van der Waals surface area contributed by atoms with Gasteiger partial charge in [-0.15, -0.1) is 0 Å². The van der Waals surface area contributed by atoms with Gasteiger partial charge in [-0.1, -0.05) is 48.0 Å². The smallest absolute Gasteiger partial charge is 0.339 e. The van der Waals surface area contributed by atoms with Gasteiger partial charge >= 0.3 is 5.97 Å². The Morgan fingerprint density at radius 1 is 1.21 bits per heavy atom. The molecule has 0 saturated heterocycles. The minimum absolute atomic E-state index is 0.0635. The van der Waals surface area contributed by atoms with Crippen molar-refractivity contribution in [1.82, 2.24) is 9.78 Å². The van der Waals surface area contributed by atoms with Crippen LogP contribution in [0.5, 0.6) is 5.88 Å². The topological polar surface area (TPSA) is 73.6 Å². The highest BCUT2D eigenvalue weighted by Crippen LogP contribution is 2.26. The molecule has 0 aliphatic heterocycles. The molecule has 144 valence electrons. The van der Waals surface area contributed by atoms with Crippen LogP contribution in [0.2, 0.25) is 5.02 Å². The third kappa shape index (κ3) is 4.35. The quantitative estimate of drug-likeness (QED) is 0.472. The summed E-state index contributed by atoms with van der Waals surface area (Å²) >= 11 is 5.93. The van der Waals surface area contributed by atoms with E-state index in [4.69, 9.17) is 21.1 Å². The zero-order valence-electron chi connectivity index (χ0n) is 15.4. The van der Waals surface area contributed by atoms with Crippen LogP contribution in [0.3, 0.4) is 0 Å². The maximum absolute atomic E-state index is 11.5. The van der Waals surface area contributed by atoms with Crippen molar-refractivity contribution in [1.29, 1.82) is 0 Å².